The van der Waals surface area contributed by atoms with E-state index in [-0.39, 0.29) is 11.5 Å². The number of likely N-dealkylation sites (tertiary alicyclic amines) is 1. The van der Waals surface area contributed by atoms with Gasteiger partial charge in [-0.3, -0.25) is 4.79 Å². The zero-order chi connectivity index (χ0) is 15.6. The molecule has 3 rings (SSSR count). The van der Waals surface area contributed by atoms with Crippen molar-refractivity contribution >= 4 is 5.91 Å². The van der Waals surface area contributed by atoms with Crippen LogP contribution < -0.4 is 0 Å². The molecule has 1 aliphatic carbocycles. The fourth-order valence-corrected chi connectivity index (χ4v) is 3.93. The normalized spacial score (nSPS) is 28.5. The van der Waals surface area contributed by atoms with Crippen LogP contribution in [0.4, 0.5) is 0 Å². The molecular weight excluding hydrogens is 274 g/mol. The van der Waals surface area contributed by atoms with E-state index in [1.54, 1.807) is 0 Å². The van der Waals surface area contributed by atoms with Gasteiger partial charge in [-0.25, -0.2) is 0 Å². The van der Waals surface area contributed by atoms with Gasteiger partial charge in [-0.15, -0.1) is 0 Å². The Kier molecular flexibility index (Phi) is 4.53. The highest BCUT2D eigenvalue weighted by atomic mass is 16.3. The predicted octanol–water partition coefficient (Wildman–Crippen LogP) is 2.95. The molecule has 1 aromatic rings. The van der Waals surface area contributed by atoms with Crippen LogP contribution in [0.5, 0.6) is 0 Å². The molecule has 0 atom stereocenters. The van der Waals surface area contributed by atoms with Crippen LogP contribution in [0.2, 0.25) is 0 Å². The van der Waals surface area contributed by atoms with Crippen LogP contribution in [0.1, 0.15) is 50.2 Å². The molecule has 22 heavy (non-hydrogen) atoms. The molecule has 1 heterocycles. The maximum absolute atomic E-state index is 12.8. The molecule has 1 spiro atoms. The Bertz CT molecular complexity index is 515. The molecule has 1 aliphatic heterocycles. The molecule has 1 saturated heterocycles. The van der Waals surface area contributed by atoms with Crippen LogP contribution in [0.25, 0.3) is 0 Å². The first-order valence-electron chi connectivity index (χ1n) is 8.68. The molecule has 0 radical (unpaired) electrons. The summed E-state index contributed by atoms with van der Waals surface area (Å²) in [6, 6.07) is 8.74. The van der Waals surface area contributed by atoms with Crippen molar-refractivity contribution in [3.05, 3.63) is 35.4 Å². The second-order valence-corrected chi connectivity index (χ2v) is 6.97. The number of carbonyl (C=O) groups is 1. The van der Waals surface area contributed by atoms with E-state index in [0.29, 0.717) is 5.91 Å². The molecule has 1 amide bonds. The van der Waals surface area contributed by atoms with Crippen molar-refractivity contribution in [3.8, 4) is 0 Å². The third-order valence-corrected chi connectivity index (χ3v) is 5.62. The summed E-state index contributed by atoms with van der Waals surface area (Å²) in [5, 5.41) is 9.67. The Labute approximate surface area is 133 Å². The Morgan fingerprint density at radius 1 is 1.14 bits per heavy atom. The zero-order valence-corrected chi connectivity index (χ0v) is 13.6. The van der Waals surface area contributed by atoms with Gasteiger partial charge in [0.15, 0.2) is 0 Å². The lowest BCUT2D eigenvalue weighted by Gasteiger charge is -2.33. The zero-order valence-electron chi connectivity index (χ0n) is 13.6. The van der Waals surface area contributed by atoms with E-state index in [4.69, 9.17) is 0 Å². The van der Waals surface area contributed by atoms with E-state index in [1.165, 1.54) is 11.1 Å². The number of hydrogen-bond acceptors (Lipinski definition) is 2. The van der Waals surface area contributed by atoms with Crippen LogP contribution in [-0.2, 0) is 17.6 Å². The average molecular weight is 301 g/mol. The molecular formula is C19H27NO2. The van der Waals surface area contributed by atoms with Crippen LogP contribution >= 0.6 is 0 Å². The third-order valence-electron chi connectivity index (χ3n) is 5.62. The summed E-state index contributed by atoms with van der Waals surface area (Å²) in [5.74, 6) is 0.338. The number of aliphatic hydroxyl groups is 1. The fourth-order valence-electron chi connectivity index (χ4n) is 3.93. The lowest BCUT2D eigenvalue weighted by atomic mass is 9.72. The van der Waals surface area contributed by atoms with E-state index in [1.807, 2.05) is 4.90 Å². The molecule has 1 saturated carbocycles. The standard InChI is InChI=1S/C19H27NO2/c1-2-15-3-5-16(6-4-15)9-13-20-14-12-19(18(20)22)10-7-17(21)8-11-19/h3-6,17,21H,2,7-14H2,1H3/t17-,19-. The molecule has 0 bridgehead atoms. The van der Waals surface area contributed by atoms with Crippen molar-refractivity contribution in [1.29, 1.82) is 0 Å². The summed E-state index contributed by atoms with van der Waals surface area (Å²) in [7, 11) is 0. The highest BCUT2D eigenvalue weighted by Gasteiger charge is 2.47. The largest absolute Gasteiger partial charge is 0.393 e. The minimum absolute atomic E-state index is 0.148. The summed E-state index contributed by atoms with van der Waals surface area (Å²) < 4.78 is 0. The highest BCUT2D eigenvalue weighted by molar-refractivity contribution is 5.85. The van der Waals surface area contributed by atoms with Crippen molar-refractivity contribution in [1.82, 2.24) is 4.90 Å². The Morgan fingerprint density at radius 2 is 1.77 bits per heavy atom. The van der Waals surface area contributed by atoms with Gasteiger partial charge in [0.1, 0.15) is 0 Å². The summed E-state index contributed by atoms with van der Waals surface area (Å²) in [6.45, 7) is 3.88. The number of aryl methyl sites for hydroxylation is 1. The van der Waals surface area contributed by atoms with Crippen molar-refractivity contribution in [2.24, 2.45) is 5.41 Å². The van der Waals surface area contributed by atoms with Gasteiger partial charge >= 0.3 is 0 Å². The van der Waals surface area contributed by atoms with E-state index in [0.717, 1.165) is 58.0 Å². The van der Waals surface area contributed by atoms with Crippen LogP contribution in [0, 0.1) is 5.41 Å². The number of rotatable bonds is 4. The van der Waals surface area contributed by atoms with Gasteiger partial charge in [0.25, 0.3) is 0 Å². The molecule has 2 fully saturated rings. The fraction of sp³-hybridized carbons (Fsp3) is 0.632. The summed E-state index contributed by atoms with van der Waals surface area (Å²) in [5.41, 5.74) is 2.52. The summed E-state index contributed by atoms with van der Waals surface area (Å²) in [4.78, 5) is 14.8. The Balaban J connectivity index is 1.56. The smallest absolute Gasteiger partial charge is 0.228 e. The number of benzene rings is 1. The molecule has 0 aromatic heterocycles. The molecule has 1 aromatic carbocycles. The lowest BCUT2D eigenvalue weighted by Crippen LogP contribution is -2.39. The monoisotopic (exact) mass is 301 g/mol. The number of amides is 1. The van der Waals surface area contributed by atoms with E-state index in [2.05, 4.69) is 31.2 Å². The molecule has 3 nitrogen and oxygen atoms in total. The quantitative estimate of drug-likeness (QED) is 0.929. The lowest BCUT2D eigenvalue weighted by molar-refractivity contribution is -0.138. The van der Waals surface area contributed by atoms with Crippen LogP contribution in [-0.4, -0.2) is 35.1 Å². The van der Waals surface area contributed by atoms with Gasteiger partial charge in [0, 0.05) is 13.1 Å². The average Bonchev–Trinajstić information content (AvgIpc) is 2.85. The van der Waals surface area contributed by atoms with Crippen molar-refractivity contribution in [2.75, 3.05) is 13.1 Å². The molecule has 1 N–H and O–H groups in total. The first-order chi connectivity index (χ1) is 10.6. The molecule has 120 valence electrons. The predicted molar refractivity (Wildman–Crippen MR) is 87.6 cm³/mol. The van der Waals surface area contributed by atoms with Gasteiger partial charge in [-0.2, -0.15) is 0 Å². The maximum Gasteiger partial charge on any atom is 0.228 e. The van der Waals surface area contributed by atoms with Gasteiger partial charge < -0.3 is 10.0 Å². The van der Waals surface area contributed by atoms with E-state index in [9.17, 15) is 9.90 Å². The van der Waals surface area contributed by atoms with Gasteiger partial charge in [-0.1, -0.05) is 31.2 Å². The number of carbonyl (C=O) groups excluding carboxylic acids is 1. The first-order valence-corrected chi connectivity index (χ1v) is 8.68. The SMILES string of the molecule is CCc1ccc(CCN2CC[C@]3(CC[C@@H](O)CC3)C2=O)cc1. The molecule has 0 unspecified atom stereocenters. The van der Waals surface area contributed by atoms with Gasteiger partial charge in [0.2, 0.25) is 5.91 Å². The summed E-state index contributed by atoms with van der Waals surface area (Å²) >= 11 is 0. The maximum atomic E-state index is 12.8. The number of nitrogens with zero attached hydrogens (tertiary/aromatic N) is 1. The Hall–Kier alpha value is -1.35. The third kappa shape index (κ3) is 3.05. The highest BCUT2D eigenvalue weighted by Crippen LogP contribution is 2.44. The van der Waals surface area contributed by atoms with Crippen molar-refractivity contribution < 1.29 is 9.90 Å². The molecule has 2 aliphatic rings. The van der Waals surface area contributed by atoms with Crippen LogP contribution in [0.15, 0.2) is 24.3 Å². The van der Waals surface area contributed by atoms with Crippen molar-refractivity contribution in [2.45, 2.75) is 58.0 Å². The number of aliphatic hydroxyl groups excluding tert-OH is 1. The number of hydrogen-bond donors (Lipinski definition) is 1. The second kappa shape index (κ2) is 6.41. The topological polar surface area (TPSA) is 40.5 Å². The second-order valence-electron chi connectivity index (χ2n) is 6.97. The molecule has 3 heteroatoms. The first kappa shape index (κ1) is 15.5. The minimum Gasteiger partial charge on any atom is -0.393 e. The Morgan fingerprint density at radius 3 is 2.41 bits per heavy atom. The summed E-state index contributed by atoms with van der Waals surface area (Å²) in [6.07, 6.45) is 6.12. The van der Waals surface area contributed by atoms with Gasteiger partial charge in [0.05, 0.1) is 11.5 Å². The van der Waals surface area contributed by atoms with E-state index < -0.39 is 0 Å². The van der Waals surface area contributed by atoms with Gasteiger partial charge in [-0.05, 0) is 56.1 Å². The van der Waals surface area contributed by atoms with Crippen LogP contribution in [0.3, 0.4) is 0 Å². The van der Waals surface area contributed by atoms with E-state index >= 15 is 0 Å². The minimum atomic E-state index is -0.190. The van der Waals surface area contributed by atoms with Crippen molar-refractivity contribution in [3.63, 3.8) is 0 Å².